The number of nitrogens with zero attached hydrogens (tertiary/aromatic N) is 2. The molecule has 0 saturated carbocycles. The van der Waals surface area contributed by atoms with E-state index in [9.17, 15) is 31.2 Å². The number of sulfonamides is 1. The number of carbonyl (C=O) groups is 2. The van der Waals surface area contributed by atoms with Crippen molar-refractivity contribution in [2.45, 2.75) is 24.2 Å². The lowest BCUT2D eigenvalue weighted by molar-refractivity contribution is -0.137. The molecule has 33 heavy (non-hydrogen) atoms. The maximum atomic E-state index is 13.0. The third-order valence-electron chi connectivity index (χ3n) is 5.65. The van der Waals surface area contributed by atoms with Crippen molar-refractivity contribution in [1.29, 1.82) is 0 Å². The minimum Gasteiger partial charge on any atom is -0.368 e. The lowest BCUT2D eigenvalue weighted by atomic mass is 10.1. The van der Waals surface area contributed by atoms with Crippen molar-refractivity contribution < 1.29 is 31.2 Å². The van der Waals surface area contributed by atoms with Crippen molar-refractivity contribution in [3.8, 4) is 0 Å². The second-order valence-corrected chi connectivity index (χ2v) is 9.51. The maximum absolute atomic E-state index is 13.0. The van der Waals surface area contributed by atoms with Crippen molar-refractivity contribution in [2.24, 2.45) is 0 Å². The average molecular weight is 482 g/mol. The number of rotatable bonds is 3. The summed E-state index contributed by atoms with van der Waals surface area (Å²) in [6.07, 6.45) is -6.06. The van der Waals surface area contributed by atoms with Gasteiger partial charge in [-0.2, -0.15) is 17.9 Å². The normalized spacial score (nSPS) is 20.1. The van der Waals surface area contributed by atoms with Gasteiger partial charge in [0, 0.05) is 37.4 Å². The highest BCUT2D eigenvalue weighted by atomic mass is 32.2. The van der Waals surface area contributed by atoms with E-state index in [-0.39, 0.29) is 16.4 Å². The molecule has 1 amide bonds. The molecule has 0 spiro atoms. The molecule has 1 atom stereocenters. The van der Waals surface area contributed by atoms with Gasteiger partial charge in [0.2, 0.25) is 10.0 Å². The summed E-state index contributed by atoms with van der Waals surface area (Å²) in [4.78, 5) is 27.5. The monoisotopic (exact) mass is 482 g/mol. The third-order valence-corrected chi connectivity index (χ3v) is 7.13. The first-order valence-corrected chi connectivity index (χ1v) is 11.6. The molecule has 2 aliphatic heterocycles. The van der Waals surface area contributed by atoms with Crippen LogP contribution in [0.5, 0.6) is 0 Å². The van der Waals surface area contributed by atoms with E-state index in [0.717, 1.165) is 11.8 Å². The Hall–Kier alpha value is -3.12. The molecular formula is C21H21F3N4O4S. The van der Waals surface area contributed by atoms with Crippen LogP contribution in [-0.2, 0) is 21.0 Å². The Morgan fingerprint density at radius 1 is 1.00 bits per heavy atom. The molecule has 2 aliphatic rings. The highest BCUT2D eigenvalue weighted by molar-refractivity contribution is 7.89. The van der Waals surface area contributed by atoms with E-state index in [1.807, 2.05) is 17.0 Å². The second-order valence-electron chi connectivity index (χ2n) is 7.82. The van der Waals surface area contributed by atoms with E-state index >= 15 is 0 Å². The van der Waals surface area contributed by atoms with Gasteiger partial charge in [-0.15, -0.1) is 0 Å². The Morgan fingerprint density at radius 3 is 2.21 bits per heavy atom. The van der Waals surface area contributed by atoms with Crippen LogP contribution in [0.25, 0.3) is 0 Å². The number of anilines is 2. The molecule has 2 aromatic carbocycles. The quantitative estimate of drug-likeness (QED) is 0.652. The summed E-state index contributed by atoms with van der Waals surface area (Å²) in [5.41, 5.74) is 0.196. The van der Waals surface area contributed by atoms with Crippen LogP contribution in [-0.4, -0.2) is 57.4 Å². The molecule has 176 valence electrons. The molecule has 1 saturated heterocycles. The zero-order chi connectivity index (χ0) is 24.0. The van der Waals surface area contributed by atoms with E-state index < -0.39 is 33.8 Å². The number of carbonyl (C=O) groups excluding carboxylic acids is 2. The van der Waals surface area contributed by atoms with Gasteiger partial charge in [0.05, 0.1) is 11.3 Å². The minimum absolute atomic E-state index is 0.0386. The highest BCUT2D eigenvalue weighted by Gasteiger charge is 2.38. The van der Waals surface area contributed by atoms with Crippen molar-refractivity contribution >= 4 is 33.1 Å². The molecule has 12 heteroatoms. The Bertz CT molecular complexity index is 1190. The minimum atomic E-state index is -4.65. The van der Waals surface area contributed by atoms with Crippen LogP contribution in [0.1, 0.15) is 22.8 Å². The van der Waals surface area contributed by atoms with Gasteiger partial charge in [0.15, 0.2) is 11.9 Å². The fourth-order valence-electron chi connectivity index (χ4n) is 3.84. The van der Waals surface area contributed by atoms with E-state index in [1.54, 1.807) is 12.1 Å². The SMILES string of the molecule is CC(=O)c1ccc(N2CCN(C(=O)C3Nc4cc(C(F)(F)F)ccc4S(=O)(=O)N3)CC2)cc1. The molecule has 2 aromatic rings. The van der Waals surface area contributed by atoms with E-state index in [0.29, 0.717) is 43.9 Å². The summed E-state index contributed by atoms with van der Waals surface area (Å²) in [6.45, 7) is 3.01. The molecular weight excluding hydrogens is 461 g/mol. The van der Waals surface area contributed by atoms with Gasteiger partial charge in [0.25, 0.3) is 5.91 Å². The van der Waals surface area contributed by atoms with Gasteiger partial charge in [-0.1, -0.05) is 0 Å². The molecule has 2 N–H and O–H groups in total. The molecule has 0 radical (unpaired) electrons. The molecule has 4 rings (SSSR count). The molecule has 0 aliphatic carbocycles. The fourth-order valence-corrected chi connectivity index (χ4v) is 5.10. The lowest BCUT2D eigenvalue weighted by Crippen LogP contribution is -2.58. The average Bonchev–Trinajstić information content (AvgIpc) is 2.77. The molecule has 8 nitrogen and oxygen atoms in total. The number of halogens is 3. The summed E-state index contributed by atoms with van der Waals surface area (Å²) in [7, 11) is -4.17. The molecule has 2 heterocycles. The van der Waals surface area contributed by atoms with Crippen LogP contribution in [0, 0.1) is 0 Å². The summed E-state index contributed by atoms with van der Waals surface area (Å²) in [6, 6.07) is 9.33. The number of piperazine rings is 1. The van der Waals surface area contributed by atoms with Crippen molar-refractivity contribution in [2.75, 3.05) is 36.4 Å². The molecule has 0 aromatic heterocycles. The van der Waals surface area contributed by atoms with Crippen LogP contribution in [0.15, 0.2) is 47.4 Å². The molecule has 1 fully saturated rings. The zero-order valence-corrected chi connectivity index (χ0v) is 18.3. The van der Waals surface area contributed by atoms with Crippen molar-refractivity contribution in [1.82, 2.24) is 9.62 Å². The number of benzene rings is 2. The zero-order valence-electron chi connectivity index (χ0n) is 17.5. The first kappa shape index (κ1) is 23.1. The number of alkyl halides is 3. The number of nitrogens with one attached hydrogen (secondary N) is 2. The molecule has 0 bridgehead atoms. The number of Topliss-reactive ketones (excluding diaryl/α,β-unsaturated/α-hetero) is 1. The van der Waals surface area contributed by atoms with Gasteiger partial charge in [-0.05, 0) is 49.4 Å². The summed E-state index contributed by atoms with van der Waals surface area (Å²) in [5, 5.41) is 2.59. The number of fused-ring (bicyclic) bond motifs is 1. The van der Waals surface area contributed by atoms with Crippen LogP contribution < -0.4 is 14.9 Å². The topological polar surface area (TPSA) is 98.8 Å². The van der Waals surface area contributed by atoms with Crippen LogP contribution in [0.2, 0.25) is 0 Å². The second kappa shape index (κ2) is 8.34. The van der Waals surface area contributed by atoms with Crippen LogP contribution in [0.4, 0.5) is 24.5 Å². The number of hydrogen-bond acceptors (Lipinski definition) is 6. The van der Waals surface area contributed by atoms with Crippen LogP contribution in [0.3, 0.4) is 0 Å². The van der Waals surface area contributed by atoms with Crippen LogP contribution >= 0.6 is 0 Å². The predicted octanol–water partition coefficient (Wildman–Crippen LogP) is 2.29. The van der Waals surface area contributed by atoms with E-state index in [2.05, 4.69) is 10.0 Å². The Kier molecular flexibility index (Phi) is 5.83. The fraction of sp³-hybridized carbons (Fsp3) is 0.333. The third kappa shape index (κ3) is 4.67. The number of hydrogen-bond donors (Lipinski definition) is 2. The summed E-state index contributed by atoms with van der Waals surface area (Å²) >= 11 is 0. The Labute approximate surface area is 188 Å². The van der Waals surface area contributed by atoms with Gasteiger partial charge >= 0.3 is 6.18 Å². The standard InChI is InChI=1S/C21H21F3N4O4S/c1-13(29)14-2-5-16(6-3-14)27-8-10-28(11-9-27)20(30)19-25-17-12-15(21(22,23)24)4-7-18(17)33(31,32)26-19/h2-7,12,19,25-26H,8-11H2,1H3. The first-order chi connectivity index (χ1) is 15.5. The van der Waals surface area contributed by atoms with Crippen molar-refractivity contribution in [3.63, 3.8) is 0 Å². The van der Waals surface area contributed by atoms with E-state index in [1.165, 1.54) is 11.8 Å². The molecule has 1 unspecified atom stereocenters. The van der Waals surface area contributed by atoms with Gasteiger partial charge in [-0.3, -0.25) is 9.59 Å². The maximum Gasteiger partial charge on any atom is 0.416 e. The Morgan fingerprint density at radius 2 is 1.64 bits per heavy atom. The lowest BCUT2D eigenvalue weighted by Gasteiger charge is -2.38. The number of ketones is 1. The van der Waals surface area contributed by atoms with Crippen molar-refractivity contribution in [3.05, 3.63) is 53.6 Å². The van der Waals surface area contributed by atoms with E-state index in [4.69, 9.17) is 0 Å². The summed E-state index contributed by atoms with van der Waals surface area (Å²) < 4.78 is 66.4. The first-order valence-electron chi connectivity index (χ1n) is 10.1. The largest absolute Gasteiger partial charge is 0.416 e. The predicted molar refractivity (Wildman–Crippen MR) is 114 cm³/mol. The Balaban J connectivity index is 1.45. The van der Waals surface area contributed by atoms with Gasteiger partial charge < -0.3 is 15.1 Å². The smallest absolute Gasteiger partial charge is 0.368 e. The summed E-state index contributed by atoms with van der Waals surface area (Å²) in [5.74, 6) is -0.614. The number of amides is 1. The highest BCUT2D eigenvalue weighted by Crippen LogP contribution is 2.35. The van der Waals surface area contributed by atoms with Gasteiger partial charge in [0.1, 0.15) is 4.90 Å². The van der Waals surface area contributed by atoms with Gasteiger partial charge in [-0.25, -0.2) is 8.42 Å².